The lowest BCUT2D eigenvalue weighted by Crippen LogP contribution is -2.31. The summed E-state index contributed by atoms with van der Waals surface area (Å²) in [6.45, 7) is 0. The third kappa shape index (κ3) is 7.31. The highest BCUT2D eigenvalue weighted by atomic mass is 32.2. The average molecular weight is 638 g/mol. The summed E-state index contributed by atoms with van der Waals surface area (Å²) in [7, 11) is 0. The Morgan fingerprint density at radius 1 is 0.826 bits per heavy atom. The van der Waals surface area contributed by atoms with Gasteiger partial charge in [-0.25, -0.2) is 4.90 Å². The molecule has 1 fully saturated rings. The first-order valence-corrected chi connectivity index (χ1v) is 14.5. The van der Waals surface area contributed by atoms with Crippen molar-refractivity contribution in [3.63, 3.8) is 0 Å². The molecular weight excluding hydrogens is 614 g/mol. The molecule has 4 aromatic rings. The van der Waals surface area contributed by atoms with E-state index in [4.69, 9.17) is 0 Å². The summed E-state index contributed by atoms with van der Waals surface area (Å²) in [5.41, 5.74) is 0.868. The molecule has 0 unspecified atom stereocenters. The van der Waals surface area contributed by atoms with E-state index < -0.39 is 38.7 Å². The highest BCUT2D eigenvalue weighted by molar-refractivity contribution is 8.00. The molecule has 0 radical (unpaired) electrons. The first-order chi connectivity index (χ1) is 22.1. The molecule has 1 aliphatic heterocycles. The maximum Gasteiger partial charge on any atom is 0.272 e. The molecule has 4 aromatic carbocycles. The molecule has 13 nitrogen and oxygen atoms in total. The van der Waals surface area contributed by atoms with E-state index in [2.05, 4.69) is 10.6 Å². The third-order valence-electron chi connectivity index (χ3n) is 6.74. The number of nitro groups is 2. The Hall–Kier alpha value is -6.15. The van der Waals surface area contributed by atoms with Crippen LogP contribution < -0.4 is 15.5 Å². The number of benzene rings is 4. The zero-order valence-electron chi connectivity index (χ0n) is 23.7. The summed E-state index contributed by atoms with van der Waals surface area (Å²) in [5.74, 6) is -2.15. The SMILES string of the molecule is O=C(Nc1cccc(S[C@@H]2CC(=O)N(c3ccc([N+](=O)[O-])cc3)C2=O)c1)/C(=C/c1ccc([N+](=O)[O-])cc1)NC(=O)c1ccccc1. The molecule has 0 spiro atoms. The van der Waals surface area contributed by atoms with Crippen molar-refractivity contribution >= 4 is 64.2 Å². The van der Waals surface area contributed by atoms with Crippen LogP contribution in [0, 0.1) is 20.2 Å². The molecule has 1 saturated heterocycles. The van der Waals surface area contributed by atoms with Crippen LogP contribution >= 0.6 is 11.8 Å². The van der Waals surface area contributed by atoms with Gasteiger partial charge in [0.1, 0.15) is 5.70 Å². The zero-order valence-corrected chi connectivity index (χ0v) is 24.5. The van der Waals surface area contributed by atoms with Gasteiger partial charge in [-0.3, -0.25) is 39.4 Å². The summed E-state index contributed by atoms with van der Waals surface area (Å²) < 4.78 is 0. The molecule has 1 aliphatic rings. The minimum Gasteiger partial charge on any atom is -0.321 e. The highest BCUT2D eigenvalue weighted by Gasteiger charge is 2.40. The number of carbonyl (C=O) groups is 4. The number of hydrogen-bond acceptors (Lipinski definition) is 9. The van der Waals surface area contributed by atoms with Gasteiger partial charge in [0.15, 0.2) is 0 Å². The fourth-order valence-corrected chi connectivity index (χ4v) is 5.61. The van der Waals surface area contributed by atoms with Gasteiger partial charge in [-0.05, 0) is 66.2 Å². The van der Waals surface area contributed by atoms with E-state index in [0.717, 1.165) is 16.7 Å². The van der Waals surface area contributed by atoms with Gasteiger partial charge >= 0.3 is 0 Å². The van der Waals surface area contributed by atoms with Gasteiger partial charge in [-0.2, -0.15) is 0 Å². The topological polar surface area (TPSA) is 182 Å². The number of carbonyl (C=O) groups excluding carboxylic acids is 4. The summed E-state index contributed by atoms with van der Waals surface area (Å²) in [6, 6.07) is 25.4. The number of imide groups is 1. The number of anilines is 2. The van der Waals surface area contributed by atoms with Crippen LogP contribution in [0.25, 0.3) is 6.08 Å². The van der Waals surface area contributed by atoms with E-state index in [0.29, 0.717) is 21.7 Å². The number of hydrogen-bond donors (Lipinski definition) is 2. The van der Waals surface area contributed by atoms with Crippen molar-refractivity contribution in [3.05, 3.63) is 140 Å². The molecule has 14 heteroatoms. The Labute approximate surface area is 265 Å². The number of nitro benzene ring substituents is 2. The molecule has 1 heterocycles. The van der Waals surface area contributed by atoms with Gasteiger partial charge in [0.05, 0.1) is 20.8 Å². The molecule has 0 aliphatic carbocycles. The zero-order chi connectivity index (χ0) is 32.8. The summed E-state index contributed by atoms with van der Waals surface area (Å²) >= 11 is 1.12. The van der Waals surface area contributed by atoms with Crippen molar-refractivity contribution < 1.29 is 29.0 Å². The lowest BCUT2D eigenvalue weighted by molar-refractivity contribution is -0.385. The summed E-state index contributed by atoms with van der Waals surface area (Å²) in [6.07, 6.45) is 1.29. The molecule has 2 N–H and O–H groups in total. The Kier molecular flexibility index (Phi) is 9.28. The quantitative estimate of drug-likeness (QED) is 0.100. The van der Waals surface area contributed by atoms with Crippen molar-refractivity contribution in [1.82, 2.24) is 5.32 Å². The maximum atomic E-state index is 13.4. The normalized spacial score (nSPS) is 14.6. The minimum atomic E-state index is -0.767. The Balaban J connectivity index is 1.32. The van der Waals surface area contributed by atoms with E-state index >= 15 is 0 Å². The van der Waals surface area contributed by atoms with Crippen LogP contribution in [0.5, 0.6) is 0 Å². The van der Waals surface area contributed by atoms with Crippen LogP contribution in [0.4, 0.5) is 22.7 Å². The molecule has 1 atom stereocenters. The van der Waals surface area contributed by atoms with E-state index in [1.807, 2.05) is 0 Å². The molecule has 230 valence electrons. The largest absolute Gasteiger partial charge is 0.321 e. The fraction of sp³-hybridized carbons (Fsp3) is 0.0625. The number of nitrogens with zero attached hydrogens (tertiary/aromatic N) is 3. The van der Waals surface area contributed by atoms with E-state index in [1.165, 1.54) is 54.6 Å². The third-order valence-corrected chi connectivity index (χ3v) is 7.92. The number of rotatable bonds is 10. The summed E-state index contributed by atoms with van der Waals surface area (Å²) in [5, 5.41) is 26.6. The van der Waals surface area contributed by atoms with Crippen molar-refractivity contribution in [2.45, 2.75) is 16.6 Å². The van der Waals surface area contributed by atoms with Crippen molar-refractivity contribution in [1.29, 1.82) is 0 Å². The monoisotopic (exact) mass is 637 g/mol. The van der Waals surface area contributed by atoms with Crippen molar-refractivity contribution in [2.24, 2.45) is 0 Å². The second-order valence-electron chi connectivity index (χ2n) is 9.86. The van der Waals surface area contributed by atoms with Crippen LogP contribution in [-0.2, 0) is 14.4 Å². The molecule has 0 bridgehead atoms. The molecule has 0 aromatic heterocycles. The molecule has 4 amide bonds. The van der Waals surface area contributed by atoms with Gasteiger partial charge in [-0.1, -0.05) is 24.3 Å². The Bertz CT molecular complexity index is 1880. The van der Waals surface area contributed by atoms with Gasteiger partial charge in [0.2, 0.25) is 11.8 Å². The van der Waals surface area contributed by atoms with E-state index in [-0.39, 0.29) is 29.2 Å². The smallest absolute Gasteiger partial charge is 0.272 e. The maximum absolute atomic E-state index is 13.4. The van der Waals surface area contributed by atoms with Crippen molar-refractivity contribution in [3.8, 4) is 0 Å². The standard InChI is InChI=1S/C32H23N5O8S/c38-29-19-28(32(41)35(29)23-13-15-25(16-14-23)37(44)45)46-26-8-4-7-22(18-26)33-31(40)27(34-30(39)21-5-2-1-3-6-21)17-20-9-11-24(12-10-20)36(42)43/h1-18,28H,19H2,(H,33,40)(H,34,39)/b27-17-/t28-/m1/s1. The first-order valence-electron chi connectivity index (χ1n) is 13.6. The van der Waals surface area contributed by atoms with Crippen LogP contribution in [0.15, 0.2) is 114 Å². The minimum absolute atomic E-state index is 0.0925. The second-order valence-corrected chi connectivity index (χ2v) is 11.1. The van der Waals surface area contributed by atoms with E-state index in [9.17, 15) is 39.4 Å². The average Bonchev–Trinajstić information content (AvgIpc) is 3.33. The number of non-ortho nitro benzene ring substituents is 2. The summed E-state index contributed by atoms with van der Waals surface area (Å²) in [4.78, 5) is 74.6. The van der Waals surface area contributed by atoms with Gasteiger partial charge in [-0.15, -0.1) is 11.8 Å². The van der Waals surface area contributed by atoms with Crippen LogP contribution in [0.2, 0.25) is 0 Å². The number of thioether (sulfide) groups is 1. The van der Waals surface area contributed by atoms with E-state index in [1.54, 1.807) is 54.6 Å². The van der Waals surface area contributed by atoms with Crippen LogP contribution in [-0.4, -0.2) is 38.7 Å². The lowest BCUT2D eigenvalue weighted by atomic mass is 10.1. The van der Waals surface area contributed by atoms with Gasteiger partial charge in [0.25, 0.3) is 23.2 Å². The van der Waals surface area contributed by atoms with Gasteiger partial charge < -0.3 is 10.6 Å². The first kappa shape index (κ1) is 31.3. The highest BCUT2D eigenvalue weighted by Crippen LogP contribution is 2.35. The predicted octanol–water partition coefficient (Wildman–Crippen LogP) is 5.34. The van der Waals surface area contributed by atoms with Gasteiger partial charge in [0, 0.05) is 46.8 Å². The molecule has 5 rings (SSSR count). The lowest BCUT2D eigenvalue weighted by Gasteiger charge is -2.15. The predicted molar refractivity (Wildman–Crippen MR) is 170 cm³/mol. The van der Waals surface area contributed by atoms with Crippen LogP contribution in [0.1, 0.15) is 22.3 Å². The number of amides is 4. The molecular formula is C32H23N5O8S. The fourth-order valence-electron chi connectivity index (χ4n) is 4.50. The van der Waals surface area contributed by atoms with Crippen molar-refractivity contribution in [2.75, 3.05) is 10.2 Å². The van der Waals surface area contributed by atoms with Crippen LogP contribution in [0.3, 0.4) is 0 Å². The molecule has 0 saturated carbocycles. The Morgan fingerprint density at radius 3 is 2.09 bits per heavy atom. The number of nitrogens with one attached hydrogen (secondary N) is 2. The molecule has 46 heavy (non-hydrogen) atoms. The Morgan fingerprint density at radius 2 is 1.46 bits per heavy atom. The second kappa shape index (κ2) is 13.7.